The van der Waals surface area contributed by atoms with E-state index in [1.165, 1.54) is 5.56 Å². The van der Waals surface area contributed by atoms with Crippen molar-refractivity contribution < 1.29 is 9.90 Å². The van der Waals surface area contributed by atoms with Crippen LogP contribution in [0, 0.1) is 0 Å². The van der Waals surface area contributed by atoms with Crippen LogP contribution in [0.5, 0.6) is 0 Å². The smallest absolute Gasteiger partial charge is 0.321 e. The number of rotatable bonds is 4. The predicted molar refractivity (Wildman–Crippen MR) is 79.9 cm³/mol. The molecule has 0 radical (unpaired) electrons. The molecule has 1 atom stereocenters. The van der Waals surface area contributed by atoms with Gasteiger partial charge in [0.1, 0.15) is 6.04 Å². The minimum absolute atomic E-state index is 0.434. The first-order valence-corrected chi connectivity index (χ1v) is 7.16. The fourth-order valence-corrected chi connectivity index (χ4v) is 2.87. The number of carbonyl (C=O) groups is 1. The molecule has 0 saturated heterocycles. The summed E-state index contributed by atoms with van der Waals surface area (Å²) in [5, 5.41) is 9.48. The van der Waals surface area contributed by atoms with Crippen LogP contribution in [-0.4, -0.2) is 33.5 Å². The molecule has 1 aromatic carbocycles. The molecule has 1 unspecified atom stereocenters. The maximum absolute atomic E-state index is 11.5. The monoisotopic (exact) mass is 282 g/mol. The van der Waals surface area contributed by atoms with E-state index in [1.54, 1.807) is 6.20 Å². The molecule has 21 heavy (non-hydrogen) atoms. The van der Waals surface area contributed by atoms with E-state index >= 15 is 0 Å². The van der Waals surface area contributed by atoms with E-state index < -0.39 is 12.0 Å². The van der Waals surface area contributed by atoms with Crippen molar-refractivity contribution >= 4 is 5.97 Å². The zero-order valence-corrected chi connectivity index (χ0v) is 11.8. The van der Waals surface area contributed by atoms with Gasteiger partial charge in [0.05, 0.1) is 0 Å². The van der Waals surface area contributed by atoms with Gasteiger partial charge in [-0.3, -0.25) is 14.7 Å². The van der Waals surface area contributed by atoms with E-state index in [4.69, 9.17) is 0 Å². The predicted octanol–water partition coefficient (Wildman–Crippen LogP) is 2.14. The standard InChI is InChI=1S/C17H18N2O2/c20-17(21)16-10-14-5-1-2-6-15(14)12-19(16)9-7-13-4-3-8-18-11-13/h1-6,8,11,16H,7,9-10,12H2,(H,20,21). The summed E-state index contributed by atoms with van der Waals surface area (Å²) in [5.41, 5.74) is 3.53. The van der Waals surface area contributed by atoms with Gasteiger partial charge in [0.25, 0.3) is 0 Å². The topological polar surface area (TPSA) is 53.4 Å². The quantitative estimate of drug-likeness (QED) is 0.933. The molecule has 0 saturated carbocycles. The highest BCUT2D eigenvalue weighted by Crippen LogP contribution is 2.23. The zero-order chi connectivity index (χ0) is 14.7. The maximum atomic E-state index is 11.5. The normalized spacial score (nSPS) is 18.2. The Hall–Kier alpha value is -2.20. The molecule has 3 rings (SSSR count). The Labute approximate surface area is 124 Å². The van der Waals surface area contributed by atoms with Crippen molar-refractivity contribution in [3.63, 3.8) is 0 Å². The lowest BCUT2D eigenvalue weighted by molar-refractivity contribution is -0.143. The number of benzene rings is 1. The van der Waals surface area contributed by atoms with E-state index in [0.717, 1.165) is 24.1 Å². The Kier molecular flexibility index (Phi) is 3.97. The molecular weight excluding hydrogens is 264 g/mol. The lowest BCUT2D eigenvalue weighted by atomic mass is 9.93. The van der Waals surface area contributed by atoms with Gasteiger partial charge in [-0.2, -0.15) is 0 Å². The molecule has 0 spiro atoms. The lowest BCUT2D eigenvalue weighted by Gasteiger charge is -2.34. The summed E-state index contributed by atoms with van der Waals surface area (Å²) < 4.78 is 0. The van der Waals surface area contributed by atoms with Crippen LogP contribution < -0.4 is 0 Å². The molecule has 1 aliphatic rings. The van der Waals surface area contributed by atoms with Crippen molar-refractivity contribution in [2.45, 2.75) is 25.4 Å². The average molecular weight is 282 g/mol. The van der Waals surface area contributed by atoms with Crippen LogP contribution >= 0.6 is 0 Å². The van der Waals surface area contributed by atoms with Gasteiger partial charge in [-0.05, 0) is 35.6 Å². The van der Waals surface area contributed by atoms with Gasteiger partial charge in [0.2, 0.25) is 0 Å². The SMILES string of the molecule is O=C(O)C1Cc2ccccc2CN1CCc1cccnc1. The highest BCUT2D eigenvalue weighted by atomic mass is 16.4. The van der Waals surface area contributed by atoms with Crippen LogP contribution in [0.3, 0.4) is 0 Å². The van der Waals surface area contributed by atoms with Gasteiger partial charge in [-0.1, -0.05) is 30.3 Å². The van der Waals surface area contributed by atoms with Gasteiger partial charge in [0.15, 0.2) is 0 Å². The van der Waals surface area contributed by atoms with E-state index in [2.05, 4.69) is 16.0 Å². The summed E-state index contributed by atoms with van der Waals surface area (Å²) in [5.74, 6) is -0.740. The Morgan fingerprint density at radius 2 is 2.05 bits per heavy atom. The third-order valence-corrected chi connectivity index (χ3v) is 4.04. The number of carboxylic acids is 1. The number of hydrogen-bond acceptors (Lipinski definition) is 3. The zero-order valence-electron chi connectivity index (χ0n) is 11.8. The molecule has 1 aliphatic heterocycles. The minimum atomic E-state index is -0.740. The second-order valence-corrected chi connectivity index (χ2v) is 5.41. The van der Waals surface area contributed by atoms with Gasteiger partial charge < -0.3 is 5.11 Å². The van der Waals surface area contributed by atoms with Crippen LogP contribution in [0.2, 0.25) is 0 Å². The van der Waals surface area contributed by atoms with Crippen LogP contribution in [0.25, 0.3) is 0 Å². The molecular formula is C17H18N2O2. The number of aliphatic carboxylic acids is 1. The van der Waals surface area contributed by atoms with Crippen LogP contribution in [0.1, 0.15) is 16.7 Å². The number of hydrogen-bond donors (Lipinski definition) is 1. The fourth-order valence-electron chi connectivity index (χ4n) is 2.87. The number of pyridine rings is 1. The van der Waals surface area contributed by atoms with E-state index in [0.29, 0.717) is 13.0 Å². The highest BCUT2D eigenvalue weighted by Gasteiger charge is 2.30. The van der Waals surface area contributed by atoms with Crippen molar-refractivity contribution in [1.29, 1.82) is 0 Å². The van der Waals surface area contributed by atoms with E-state index in [-0.39, 0.29) is 0 Å². The lowest BCUT2D eigenvalue weighted by Crippen LogP contribution is -2.46. The summed E-state index contributed by atoms with van der Waals surface area (Å²) in [6, 6.07) is 11.6. The molecule has 4 nitrogen and oxygen atoms in total. The average Bonchev–Trinajstić information content (AvgIpc) is 2.53. The van der Waals surface area contributed by atoms with Crippen molar-refractivity contribution in [2.24, 2.45) is 0 Å². The third kappa shape index (κ3) is 3.11. The Morgan fingerprint density at radius 3 is 2.76 bits per heavy atom. The highest BCUT2D eigenvalue weighted by molar-refractivity contribution is 5.74. The van der Waals surface area contributed by atoms with Crippen LogP contribution in [0.15, 0.2) is 48.8 Å². The first kappa shape index (κ1) is 13.8. The van der Waals surface area contributed by atoms with Gasteiger partial charge in [-0.25, -0.2) is 0 Å². The molecule has 108 valence electrons. The summed E-state index contributed by atoms with van der Waals surface area (Å²) >= 11 is 0. The number of carboxylic acid groups (broad SMARTS) is 1. The van der Waals surface area contributed by atoms with Crippen molar-refractivity contribution in [1.82, 2.24) is 9.88 Å². The van der Waals surface area contributed by atoms with Gasteiger partial charge in [0, 0.05) is 25.5 Å². The molecule has 0 amide bonds. The van der Waals surface area contributed by atoms with Crippen molar-refractivity contribution in [3.8, 4) is 0 Å². The first-order chi connectivity index (χ1) is 10.2. The summed E-state index contributed by atoms with van der Waals surface area (Å²) in [7, 11) is 0. The van der Waals surface area contributed by atoms with Crippen LogP contribution in [0.4, 0.5) is 0 Å². The summed E-state index contributed by atoms with van der Waals surface area (Å²) in [6.07, 6.45) is 4.99. The Balaban J connectivity index is 1.75. The summed E-state index contributed by atoms with van der Waals surface area (Å²) in [4.78, 5) is 17.7. The Morgan fingerprint density at radius 1 is 1.24 bits per heavy atom. The second-order valence-electron chi connectivity index (χ2n) is 5.41. The summed E-state index contributed by atoms with van der Waals surface area (Å²) in [6.45, 7) is 1.43. The number of aromatic nitrogens is 1. The van der Waals surface area contributed by atoms with Gasteiger partial charge in [-0.15, -0.1) is 0 Å². The molecule has 1 aromatic heterocycles. The molecule has 0 aliphatic carbocycles. The van der Waals surface area contributed by atoms with Crippen molar-refractivity contribution in [2.75, 3.05) is 6.54 Å². The third-order valence-electron chi connectivity index (χ3n) is 4.04. The minimum Gasteiger partial charge on any atom is -0.480 e. The molecule has 2 heterocycles. The fraction of sp³-hybridized carbons (Fsp3) is 0.294. The van der Waals surface area contributed by atoms with Crippen LogP contribution in [-0.2, 0) is 24.2 Å². The molecule has 2 aromatic rings. The largest absolute Gasteiger partial charge is 0.480 e. The number of fused-ring (bicyclic) bond motifs is 1. The van der Waals surface area contributed by atoms with E-state index in [1.807, 2.05) is 36.5 Å². The second kappa shape index (κ2) is 6.06. The molecule has 0 fully saturated rings. The molecule has 1 N–H and O–H groups in total. The molecule has 0 bridgehead atoms. The van der Waals surface area contributed by atoms with E-state index in [9.17, 15) is 9.90 Å². The maximum Gasteiger partial charge on any atom is 0.321 e. The van der Waals surface area contributed by atoms with Crippen molar-refractivity contribution in [3.05, 3.63) is 65.5 Å². The first-order valence-electron chi connectivity index (χ1n) is 7.16. The molecule has 4 heteroatoms. The number of nitrogens with zero attached hydrogens (tertiary/aromatic N) is 2. The Bertz CT molecular complexity index is 628. The van der Waals surface area contributed by atoms with Gasteiger partial charge >= 0.3 is 5.97 Å².